The predicted octanol–water partition coefficient (Wildman–Crippen LogP) is 9.98. The Hall–Kier alpha value is 1.09. The summed E-state index contributed by atoms with van der Waals surface area (Å²) in [5.74, 6) is 0. The van der Waals surface area contributed by atoms with E-state index in [2.05, 4.69) is 20.8 Å². The van der Waals surface area contributed by atoms with Crippen molar-refractivity contribution < 1.29 is 0 Å². The largest absolute Gasteiger partial charge is 0.147 e. The first-order chi connectivity index (χ1) is 12.3. The first kappa shape index (κ1) is 29.3. The van der Waals surface area contributed by atoms with Gasteiger partial charge >= 0.3 is 169 Å². The molecule has 0 aliphatic rings. The molecule has 0 atom stereocenters. The summed E-state index contributed by atoms with van der Waals surface area (Å²) in [4.78, 5) is 0. The Kier molecular flexibility index (Phi) is 29.4. The van der Waals surface area contributed by atoms with Gasteiger partial charge in [-0.15, -0.1) is 12.4 Å². The van der Waals surface area contributed by atoms with E-state index in [0.29, 0.717) is 0 Å². The minimum absolute atomic E-state index is 0. The van der Waals surface area contributed by atoms with Gasteiger partial charge in [-0.3, -0.25) is 0 Å². The van der Waals surface area contributed by atoms with Gasteiger partial charge in [0, 0.05) is 0 Å². The Morgan fingerprint density at radius 3 is 0.846 bits per heavy atom. The van der Waals surface area contributed by atoms with Crippen molar-refractivity contribution >= 4 is 32.2 Å². The van der Waals surface area contributed by atoms with E-state index in [1.165, 1.54) is 96.3 Å². The van der Waals surface area contributed by atoms with Crippen LogP contribution in [0.1, 0.15) is 136 Å². The molecular weight excluding hydrogens is 442 g/mol. The molecule has 0 unspecified atom stereocenters. The summed E-state index contributed by atoms with van der Waals surface area (Å²) in [5.41, 5.74) is 0. The maximum absolute atomic E-state index is 2.33. The van der Waals surface area contributed by atoms with Gasteiger partial charge in [-0.1, -0.05) is 0 Å². The molecule has 0 N–H and O–H groups in total. The van der Waals surface area contributed by atoms with Crippen LogP contribution < -0.4 is 0 Å². The number of unbranched alkanes of at least 4 members (excludes halogenated alkanes) is 15. The van der Waals surface area contributed by atoms with Crippen molar-refractivity contribution in [3.05, 3.63) is 0 Å². The number of rotatable bonds is 21. The molecule has 0 saturated carbocycles. The maximum atomic E-state index is 2.33. The third-order valence-electron chi connectivity index (χ3n) is 5.65. The molecule has 159 valence electrons. The van der Waals surface area contributed by atoms with E-state index in [4.69, 9.17) is 0 Å². The van der Waals surface area contributed by atoms with Crippen LogP contribution in [-0.2, 0) is 0 Å². The molecular formula is C24H52ClSn. The van der Waals surface area contributed by atoms with E-state index < -0.39 is 19.8 Å². The first-order valence-corrected chi connectivity index (χ1v) is 18.2. The summed E-state index contributed by atoms with van der Waals surface area (Å²) < 4.78 is 5.16. The van der Waals surface area contributed by atoms with Crippen molar-refractivity contribution in [1.82, 2.24) is 0 Å². The van der Waals surface area contributed by atoms with E-state index in [-0.39, 0.29) is 12.4 Å². The Bertz CT molecular complexity index is 194. The molecule has 0 rings (SSSR count). The van der Waals surface area contributed by atoms with Crippen molar-refractivity contribution in [2.24, 2.45) is 0 Å². The van der Waals surface area contributed by atoms with Crippen LogP contribution in [0.4, 0.5) is 0 Å². The van der Waals surface area contributed by atoms with Gasteiger partial charge < -0.3 is 0 Å². The Balaban J connectivity index is 0. The number of halogens is 1. The third-order valence-corrected chi connectivity index (χ3v) is 14.7. The minimum atomic E-state index is -1.02. The molecule has 0 amide bonds. The molecule has 0 aromatic heterocycles. The molecule has 0 nitrogen and oxygen atoms in total. The van der Waals surface area contributed by atoms with Gasteiger partial charge in [-0.2, -0.15) is 0 Å². The standard InChI is InChI=1S/3C8H17.ClH.Sn/c3*1-3-5-7-8-6-4-2;;/h3*1,3-8H2,2H3;1H;. The summed E-state index contributed by atoms with van der Waals surface area (Å²) in [6, 6.07) is 0. The molecule has 0 fully saturated rings. The second-order valence-electron chi connectivity index (χ2n) is 8.30. The van der Waals surface area contributed by atoms with Crippen LogP contribution >= 0.6 is 12.4 Å². The van der Waals surface area contributed by atoms with Crippen molar-refractivity contribution in [2.45, 2.75) is 150 Å². The summed E-state index contributed by atoms with van der Waals surface area (Å²) >= 11 is -1.02. The molecule has 1 radical (unpaired) electrons. The smallest absolute Gasteiger partial charge is 0.147 e. The fraction of sp³-hybridized carbons (Fsp3) is 1.00. The monoisotopic (exact) mass is 495 g/mol. The molecule has 0 aromatic rings. The fourth-order valence-corrected chi connectivity index (χ4v) is 12.4. The van der Waals surface area contributed by atoms with Crippen LogP contribution in [0, 0.1) is 0 Å². The predicted molar refractivity (Wildman–Crippen MR) is 128 cm³/mol. The summed E-state index contributed by atoms with van der Waals surface area (Å²) in [7, 11) is 0. The van der Waals surface area contributed by atoms with Crippen LogP contribution in [0.3, 0.4) is 0 Å². The van der Waals surface area contributed by atoms with Gasteiger partial charge in [-0.25, -0.2) is 0 Å². The van der Waals surface area contributed by atoms with Gasteiger partial charge in [0.1, 0.15) is 0 Å². The molecule has 0 aliphatic heterocycles. The molecule has 0 saturated heterocycles. The minimum Gasteiger partial charge on any atom is -0.147 e. The normalized spacial score (nSPS) is 11.1. The van der Waals surface area contributed by atoms with E-state index in [1.807, 2.05) is 0 Å². The molecule has 26 heavy (non-hydrogen) atoms. The number of hydrogen-bond donors (Lipinski definition) is 0. The molecule has 2 heteroatoms. The topological polar surface area (TPSA) is 0 Å². The third kappa shape index (κ3) is 23.1. The fourth-order valence-electron chi connectivity index (χ4n) is 3.84. The van der Waals surface area contributed by atoms with Gasteiger partial charge in [0.2, 0.25) is 0 Å². The average Bonchev–Trinajstić information content (AvgIpc) is 2.63. The zero-order valence-electron chi connectivity index (χ0n) is 18.8. The van der Waals surface area contributed by atoms with Gasteiger partial charge in [0.15, 0.2) is 0 Å². The maximum Gasteiger partial charge on any atom is -0.147 e. The Morgan fingerprint density at radius 1 is 0.346 bits per heavy atom. The van der Waals surface area contributed by atoms with E-state index in [9.17, 15) is 0 Å². The second-order valence-corrected chi connectivity index (χ2v) is 16.9. The van der Waals surface area contributed by atoms with Crippen LogP contribution in [0.5, 0.6) is 0 Å². The molecule has 0 heterocycles. The van der Waals surface area contributed by atoms with Crippen LogP contribution in [0.25, 0.3) is 0 Å². The van der Waals surface area contributed by atoms with Gasteiger partial charge in [0.05, 0.1) is 0 Å². The Morgan fingerprint density at radius 2 is 0.577 bits per heavy atom. The van der Waals surface area contributed by atoms with E-state index in [0.717, 1.165) is 0 Å². The van der Waals surface area contributed by atoms with Crippen LogP contribution in [0.2, 0.25) is 13.3 Å². The SMILES string of the molecule is CCCCCCC[CH2][Sn]([CH2]CCCCCCC)[CH2]CCCCCCC.Cl. The molecule has 0 bridgehead atoms. The summed E-state index contributed by atoms with van der Waals surface area (Å²) in [6.07, 6.45) is 26.9. The van der Waals surface area contributed by atoms with Crippen molar-refractivity contribution in [3.63, 3.8) is 0 Å². The van der Waals surface area contributed by atoms with Crippen molar-refractivity contribution in [2.75, 3.05) is 0 Å². The zero-order valence-corrected chi connectivity index (χ0v) is 22.4. The van der Waals surface area contributed by atoms with E-state index >= 15 is 0 Å². The molecule has 0 aliphatic carbocycles. The molecule has 0 aromatic carbocycles. The van der Waals surface area contributed by atoms with Crippen molar-refractivity contribution in [3.8, 4) is 0 Å². The van der Waals surface area contributed by atoms with Crippen LogP contribution in [-0.4, -0.2) is 19.8 Å². The zero-order chi connectivity index (χ0) is 18.4. The quantitative estimate of drug-likeness (QED) is 0.110. The van der Waals surface area contributed by atoms with Crippen molar-refractivity contribution in [1.29, 1.82) is 0 Å². The van der Waals surface area contributed by atoms with Gasteiger partial charge in [-0.05, 0) is 0 Å². The van der Waals surface area contributed by atoms with Crippen LogP contribution in [0.15, 0.2) is 0 Å². The molecule has 0 spiro atoms. The summed E-state index contributed by atoms with van der Waals surface area (Å²) in [5, 5.41) is 0. The second kappa shape index (κ2) is 26.1. The first-order valence-electron chi connectivity index (χ1n) is 12.2. The van der Waals surface area contributed by atoms with E-state index in [1.54, 1.807) is 32.6 Å². The summed E-state index contributed by atoms with van der Waals surface area (Å²) in [6.45, 7) is 6.98. The number of hydrogen-bond acceptors (Lipinski definition) is 0. The average molecular weight is 495 g/mol. The van der Waals surface area contributed by atoms with Gasteiger partial charge in [0.25, 0.3) is 0 Å². The Labute approximate surface area is 181 Å².